The molecule has 0 bridgehead atoms. The number of piperidine rings is 2. The Bertz CT molecular complexity index is 1260. The van der Waals surface area contributed by atoms with E-state index in [0.717, 1.165) is 42.9 Å². The van der Waals surface area contributed by atoms with Gasteiger partial charge in [-0.1, -0.05) is 30.3 Å². The molecule has 36 heavy (non-hydrogen) atoms. The zero-order valence-corrected chi connectivity index (χ0v) is 20.0. The lowest BCUT2D eigenvalue weighted by atomic mass is 9.97. The van der Waals surface area contributed by atoms with Gasteiger partial charge in [0, 0.05) is 31.1 Å². The van der Waals surface area contributed by atoms with E-state index in [0.29, 0.717) is 18.2 Å². The number of nitrogens with one attached hydrogen (secondary N) is 2. The Morgan fingerprint density at radius 1 is 0.944 bits per heavy atom. The highest BCUT2D eigenvalue weighted by Gasteiger charge is 2.45. The summed E-state index contributed by atoms with van der Waals surface area (Å²) >= 11 is 0. The van der Waals surface area contributed by atoms with Crippen LogP contribution in [0.4, 0.5) is 5.69 Å². The molecule has 0 spiro atoms. The van der Waals surface area contributed by atoms with Crippen molar-refractivity contribution in [3.63, 3.8) is 0 Å². The standard InChI is InChI=1S/C28H28N4O4/c1-2-18-12-14-31(15-13-18)17-20-8-6-19(7-9-20)16-29-22-5-3-4-21-25(22)28(36)32(27(21)35)23-10-11-24(33)30-26(23)34/h1,3-9,18,23,29H,10-17H2,(H,30,33,34). The van der Waals surface area contributed by atoms with E-state index in [1.54, 1.807) is 18.2 Å². The molecular formula is C28H28N4O4. The zero-order valence-electron chi connectivity index (χ0n) is 20.0. The van der Waals surface area contributed by atoms with Gasteiger partial charge in [0.25, 0.3) is 11.8 Å². The van der Waals surface area contributed by atoms with Crippen molar-refractivity contribution in [1.29, 1.82) is 0 Å². The normalized spacial score (nSPS) is 20.8. The Morgan fingerprint density at radius 2 is 1.67 bits per heavy atom. The molecule has 0 aromatic heterocycles. The van der Waals surface area contributed by atoms with Gasteiger partial charge in [0.15, 0.2) is 0 Å². The molecule has 4 amide bonds. The summed E-state index contributed by atoms with van der Waals surface area (Å²) in [6, 6.07) is 12.4. The SMILES string of the molecule is C#CC1CCN(Cc2ccc(CNc3cccc4c3C(=O)N(C3CCC(=O)NC3=O)C4=O)cc2)CC1. The summed E-state index contributed by atoms with van der Waals surface area (Å²) in [5, 5.41) is 5.50. The maximum atomic E-state index is 13.2. The molecular weight excluding hydrogens is 456 g/mol. The van der Waals surface area contributed by atoms with Crippen LogP contribution in [0.25, 0.3) is 0 Å². The third-order valence-electron chi connectivity index (χ3n) is 7.20. The van der Waals surface area contributed by atoms with Gasteiger partial charge in [0.2, 0.25) is 11.8 Å². The van der Waals surface area contributed by atoms with Crippen molar-refractivity contribution in [3.8, 4) is 12.3 Å². The Labute approximate surface area is 210 Å². The van der Waals surface area contributed by atoms with E-state index < -0.39 is 29.7 Å². The predicted octanol–water partition coefficient (Wildman–Crippen LogP) is 2.55. The van der Waals surface area contributed by atoms with E-state index in [1.165, 1.54) is 5.56 Å². The number of amides is 4. The molecule has 5 rings (SSSR count). The zero-order chi connectivity index (χ0) is 25.2. The van der Waals surface area contributed by atoms with Crippen molar-refractivity contribution < 1.29 is 19.2 Å². The van der Waals surface area contributed by atoms with Gasteiger partial charge in [-0.2, -0.15) is 0 Å². The number of benzene rings is 2. The van der Waals surface area contributed by atoms with E-state index in [2.05, 4.69) is 45.7 Å². The molecule has 3 aliphatic heterocycles. The van der Waals surface area contributed by atoms with Crippen LogP contribution in [-0.2, 0) is 22.7 Å². The van der Waals surface area contributed by atoms with E-state index in [1.807, 2.05) is 0 Å². The number of imide groups is 2. The van der Waals surface area contributed by atoms with Gasteiger partial charge < -0.3 is 5.32 Å². The molecule has 2 N–H and O–H groups in total. The smallest absolute Gasteiger partial charge is 0.264 e. The number of carbonyl (C=O) groups is 4. The summed E-state index contributed by atoms with van der Waals surface area (Å²) in [5.41, 5.74) is 3.35. The molecule has 1 unspecified atom stereocenters. The third kappa shape index (κ3) is 4.62. The molecule has 2 fully saturated rings. The van der Waals surface area contributed by atoms with E-state index in [4.69, 9.17) is 6.42 Å². The molecule has 8 nitrogen and oxygen atoms in total. The summed E-state index contributed by atoms with van der Waals surface area (Å²) in [4.78, 5) is 53.4. The highest BCUT2D eigenvalue weighted by molar-refractivity contribution is 6.25. The Balaban J connectivity index is 1.24. The van der Waals surface area contributed by atoms with Crippen LogP contribution >= 0.6 is 0 Å². The molecule has 0 radical (unpaired) electrons. The number of terminal acetylenes is 1. The first kappa shape index (κ1) is 23.8. The van der Waals surface area contributed by atoms with Crippen molar-refractivity contribution in [2.24, 2.45) is 5.92 Å². The number of hydrogen-bond acceptors (Lipinski definition) is 6. The maximum Gasteiger partial charge on any atom is 0.264 e. The van der Waals surface area contributed by atoms with Crippen molar-refractivity contribution in [2.75, 3.05) is 18.4 Å². The van der Waals surface area contributed by atoms with Crippen molar-refractivity contribution in [2.45, 2.75) is 44.8 Å². The number of hydrogen-bond donors (Lipinski definition) is 2. The molecule has 2 aromatic rings. The molecule has 184 valence electrons. The van der Waals surface area contributed by atoms with Gasteiger partial charge in [-0.3, -0.25) is 34.3 Å². The molecule has 0 aliphatic carbocycles. The monoisotopic (exact) mass is 484 g/mol. The quantitative estimate of drug-likeness (QED) is 0.483. The molecule has 2 saturated heterocycles. The predicted molar refractivity (Wildman–Crippen MR) is 134 cm³/mol. The topological polar surface area (TPSA) is 98.8 Å². The molecule has 3 aliphatic rings. The Hall–Kier alpha value is -3.96. The van der Waals surface area contributed by atoms with Gasteiger partial charge in [0.05, 0.1) is 11.1 Å². The van der Waals surface area contributed by atoms with Crippen LogP contribution in [0, 0.1) is 18.3 Å². The number of anilines is 1. The fourth-order valence-corrected chi connectivity index (χ4v) is 5.14. The van der Waals surface area contributed by atoms with Crippen LogP contribution in [0.1, 0.15) is 57.5 Å². The average Bonchev–Trinajstić information content (AvgIpc) is 3.14. The van der Waals surface area contributed by atoms with Crippen LogP contribution in [0.5, 0.6) is 0 Å². The van der Waals surface area contributed by atoms with E-state index >= 15 is 0 Å². The highest BCUT2D eigenvalue weighted by atomic mass is 16.2. The van der Waals surface area contributed by atoms with Gasteiger partial charge in [0.1, 0.15) is 6.04 Å². The van der Waals surface area contributed by atoms with Crippen LogP contribution in [0.2, 0.25) is 0 Å². The van der Waals surface area contributed by atoms with Crippen molar-refractivity contribution in [1.82, 2.24) is 15.1 Å². The largest absolute Gasteiger partial charge is 0.380 e. The summed E-state index contributed by atoms with van der Waals surface area (Å²) in [5.74, 6) is 1.22. The van der Waals surface area contributed by atoms with Crippen LogP contribution in [0.3, 0.4) is 0 Å². The third-order valence-corrected chi connectivity index (χ3v) is 7.20. The minimum atomic E-state index is -0.979. The summed E-state index contributed by atoms with van der Waals surface area (Å²) < 4.78 is 0. The Kier molecular flexibility index (Phi) is 6.57. The van der Waals surface area contributed by atoms with Gasteiger partial charge in [-0.15, -0.1) is 12.3 Å². The van der Waals surface area contributed by atoms with Crippen LogP contribution in [-0.4, -0.2) is 52.6 Å². The number of carbonyl (C=O) groups excluding carboxylic acids is 4. The van der Waals surface area contributed by atoms with Gasteiger partial charge in [-0.25, -0.2) is 0 Å². The maximum absolute atomic E-state index is 13.2. The fourth-order valence-electron chi connectivity index (χ4n) is 5.14. The minimum absolute atomic E-state index is 0.0914. The minimum Gasteiger partial charge on any atom is -0.380 e. The second-order valence-corrected chi connectivity index (χ2v) is 9.56. The van der Waals surface area contributed by atoms with Crippen molar-refractivity contribution in [3.05, 3.63) is 64.7 Å². The molecule has 8 heteroatoms. The van der Waals surface area contributed by atoms with Gasteiger partial charge >= 0.3 is 0 Å². The number of fused-ring (bicyclic) bond motifs is 1. The lowest BCUT2D eigenvalue weighted by Gasteiger charge is -2.29. The number of likely N-dealkylation sites (tertiary alicyclic amines) is 1. The summed E-state index contributed by atoms with van der Waals surface area (Å²) in [6.45, 7) is 3.40. The van der Waals surface area contributed by atoms with E-state index in [9.17, 15) is 19.2 Å². The summed E-state index contributed by atoms with van der Waals surface area (Å²) in [7, 11) is 0. The number of rotatable bonds is 6. The van der Waals surface area contributed by atoms with Crippen molar-refractivity contribution >= 4 is 29.3 Å². The van der Waals surface area contributed by atoms with Crippen LogP contribution in [0.15, 0.2) is 42.5 Å². The molecule has 3 heterocycles. The molecule has 0 saturated carbocycles. The van der Waals surface area contributed by atoms with E-state index in [-0.39, 0.29) is 24.0 Å². The summed E-state index contributed by atoms with van der Waals surface area (Å²) in [6.07, 6.45) is 7.86. The van der Waals surface area contributed by atoms with Crippen LogP contribution < -0.4 is 10.6 Å². The Morgan fingerprint density at radius 3 is 2.36 bits per heavy atom. The number of nitrogens with zero attached hydrogens (tertiary/aromatic N) is 2. The highest BCUT2D eigenvalue weighted by Crippen LogP contribution is 2.32. The first-order valence-corrected chi connectivity index (χ1v) is 12.3. The molecule has 1 atom stereocenters. The second kappa shape index (κ2) is 9.96. The first-order valence-electron chi connectivity index (χ1n) is 12.3. The molecule has 2 aromatic carbocycles. The average molecular weight is 485 g/mol. The lowest BCUT2D eigenvalue weighted by Crippen LogP contribution is -2.54. The fraction of sp³-hybridized carbons (Fsp3) is 0.357. The first-order chi connectivity index (χ1) is 17.4. The second-order valence-electron chi connectivity index (χ2n) is 9.56. The van der Waals surface area contributed by atoms with Gasteiger partial charge in [-0.05, 0) is 55.6 Å². The lowest BCUT2D eigenvalue weighted by molar-refractivity contribution is -0.136.